The third-order valence-electron chi connectivity index (χ3n) is 6.49. The zero-order chi connectivity index (χ0) is 21.0. The number of morpholine rings is 1. The Balaban J connectivity index is 1.91. The van der Waals surface area contributed by atoms with Gasteiger partial charge in [0.25, 0.3) is 0 Å². The van der Waals surface area contributed by atoms with Gasteiger partial charge in [-0.25, -0.2) is 0 Å². The average molecular weight is 403 g/mol. The van der Waals surface area contributed by atoms with E-state index in [9.17, 15) is 4.79 Å². The van der Waals surface area contributed by atoms with Gasteiger partial charge in [0.05, 0.1) is 18.8 Å². The number of ketones is 1. The minimum atomic E-state index is -0.827. The van der Waals surface area contributed by atoms with Crippen LogP contribution in [0.3, 0.4) is 0 Å². The third-order valence-corrected chi connectivity index (χ3v) is 6.49. The van der Waals surface area contributed by atoms with E-state index in [2.05, 4.69) is 66.4 Å². The van der Waals surface area contributed by atoms with Crippen molar-refractivity contribution in [1.82, 2.24) is 9.80 Å². The summed E-state index contributed by atoms with van der Waals surface area (Å²) in [6, 6.07) is 20.2. The van der Waals surface area contributed by atoms with Gasteiger partial charge in [-0.15, -0.1) is 0 Å². The number of hydrogen-bond donors (Lipinski definition) is 0. The normalized spacial score (nSPS) is 26.8. The molecule has 2 aliphatic rings. The molecule has 1 aliphatic carbocycles. The number of ether oxygens (including phenoxy) is 1. The maximum Gasteiger partial charge on any atom is 0.189 e. The van der Waals surface area contributed by atoms with Gasteiger partial charge in [0.2, 0.25) is 0 Å². The molecule has 1 fully saturated rings. The van der Waals surface area contributed by atoms with Crippen molar-refractivity contribution in [3.05, 3.63) is 96.1 Å². The molecule has 2 unspecified atom stereocenters. The van der Waals surface area contributed by atoms with Crippen LogP contribution in [0.5, 0.6) is 0 Å². The molecule has 1 heterocycles. The van der Waals surface area contributed by atoms with Crippen LogP contribution in [-0.4, -0.2) is 67.1 Å². The Morgan fingerprint density at radius 1 is 0.933 bits per heavy atom. The number of carbonyl (C=O) groups is 1. The van der Waals surface area contributed by atoms with Gasteiger partial charge in [0.1, 0.15) is 5.54 Å². The van der Waals surface area contributed by atoms with Crippen LogP contribution in [0.15, 0.2) is 85.0 Å². The number of nitrogens with zero attached hydrogens (tertiary/aromatic N) is 2. The molecule has 156 valence electrons. The van der Waals surface area contributed by atoms with Crippen LogP contribution in [0.1, 0.15) is 15.9 Å². The summed E-state index contributed by atoms with van der Waals surface area (Å²) in [6.07, 6.45) is 9.19. The summed E-state index contributed by atoms with van der Waals surface area (Å²) in [5.41, 5.74) is 0.590. The molecule has 0 radical (unpaired) electrons. The Kier molecular flexibility index (Phi) is 6.00. The second kappa shape index (κ2) is 8.68. The Morgan fingerprint density at radius 3 is 2.17 bits per heavy atom. The van der Waals surface area contributed by atoms with Crippen LogP contribution in [0, 0.1) is 0 Å². The first kappa shape index (κ1) is 20.7. The van der Waals surface area contributed by atoms with E-state index in [1.807, 2.05) is 42.5 Å². The van der Waals surface area contributed by atoms with Crippen LogP contribution in [0.4, 0.5) is 0 Å². The maximum atomic E-state index is 14.3. The summed E-state index contributed by atoms with van der Waals surface area (Å²) < 4.78 is 5.66. The summed E-state index contributed by atoms with van der Waals surface area (Å²) in [5.74, 6) is 0.134. The smallest absolute Gasteiger partial charge is 0.189 e. The molecule has 4 rings (SSSR count). The highest BCUT2D eigenvalue weighted by atomic mass is 16.5. The van der Waals surface area contributed by atoms with Crippen molar-refractivity contribution < 1.29 is 9.53 Å². The summed E-state index contributed by atoms with van der Waals surface area (Å²) in [7, 11) is 4.17. The van der Waals surface area contributed by atoms with Crippen LogP contribution in [0.25, 0.3) is 0 Å². The molecule has 0 bridgehead atoms. The van der Waals surface area contributed by atoms with Crippen LogP contribution in [0.2, 0.25) is 0 Å². The summed E-state index contributed by atoms with van der Waals surface area (Å²) in [6.45, 7) is 2.72. The monoisotopic (exact) mass is 402 g/mol. The first-order valence-electron chi connectivity index (χ1n) is 10.6. The van der Waals surface area contributed by atoms with E-state index in [1.165, 1.54) is 5.56 Å². The molecule has 1 saturated heterocycles. The van der Waals surface area contributed by atoms with Crippen molar-refractivity contribution in [2.75, 3.05) is 40.4 Å². The molecular weight excluding hydrogens is 372 g/mol. The predicted octanol–water partition coefficient (Wildman–Crippen LogP) is 3.61. The Morgan fingerprint density at radius 2 is 1.53 bits per heavy atom. The van der Waals surface area contributed by atoms with Crippen molar-refractivity contribution >= 4 is 5.78 Å². The van der Waals surface area contributed by atoms with Gasteiger partial charge >= 0.3 is 0 Å². The van der Waals surface area contributed by atoms with E-state index in [0.29, 0.717) is 13.2 Å². The van der Waals surface area contributed by atoms with Gasteiger partial charge < -0.3 is 4.74 Å². The lowest BCUT2D eigenvalue weighted by Gasteiger charge is -2.57. The lowest BCUT2D eigenvalue weighted by atomic mass is 9.64. The number of allylic oxidation sites excluding steroid dienone is 2. The minimum absolute atomic E-state index is 0.134. The standard InChI is InChI=1S/C26H30N2O2/c1-27(2)25(21-22-11-5-3-6-12-22)15-9-10-16-26(25,28-17-19-30-20-18-28)24(29)23-13-7-4-8-14-23/h3-16H,17-21H2,1-2H3. The van der Waals surface area contributed by atoms with E-state index < -0.39 is 11.1 Å². The van der Waals surface area contributed by atoms with E-state index in [-0.39, 0.29) is 5.78 Å². The van der Waals surface area contributed by atoms with Gasteiger partial charge in [0.15, 0.2) is 5.78 Å². The summed E-state index contributed by atoms with van der Waals surface area (Å²) in [5, 5.41) is 0. The quantitative estimate of drug-likeness (QED) is 0.691. The molecule has 0 spiro atoms. The van der Waals surface area contributed by atoms with Crippen molar-refractivity contribution in [3.8, 4) is 0 Å². The number of Topliss-reactive ketones (excluding diaryl/α,β-unsaturated/α-hetero) is 1. The lowest BCUT2D eigenvalue weighted by Crippen LogP contribution is -2.74. The molecule has 2 aromatic rings. The second-order valence-electron chi connectivity index (χ2n) is 8.26. The largest absolute Gasteiger partial charge is 0.379 e. The Bertz CT molecular complexity index is 917. The van der Waals surface area contributed by atoms with E-state index >= 15 is 0 Å². The number of carbonyl (C=O) groups excluding carboxylic acids is 1. The molecule has 30 heavy (non-hydrogen) atoms. The topological polar surface area (TPSA) is 32.8 Å². The van der Waals surface area contributed by atoms with Crippen LogP contribution < -0.4 is 0 Å². The zero-order valence-electron chi connectivity index (χ0n) is 17.8. The Hall–Kier alpha value is -2.53. The van der Waals surface area contributed by atoms with E-state index in [1.54, 1.807) is 0 Å². The van der Waals surface area contributed by atoms with E-state index in [4.69, 9.17) is 4.74 Å². The first-order chi connectivity index (χ1) is 14.6. The van der Waals surface area contributed by atoms with E-state index in [0.717, 1.165) is 25.1 Å². The molecule has 0 saturated carbocycles. The highest BCUT2D eigenvalue weighted by Crippen LogP contribution is 2.43. The lowest BCUT2D eigenvalue weighted by molar-refractivity contribution is -0.0430. The molecule has 0 amide bonds. The molecule has 2 aromatic carbocycles. The molecule has 4 nitrogen and oxygen atoms in total. The number of rotatable bonds is 6. The molecular formula is C26H30N2O2. The van der Waals surface area contributed by atoms with Gasteiger partial charge in [0, 0.05) is 18.7 Å². The van der Waals surface area contributed by atoms with Gasteiger partial charge in [-0.3, -0.25) is 14.6 Å². The molecule has 0 aromatic heterocycles. The average Bonchev–Trinajstić information content (AvgIpc) is 2.80. The highest BCUT2D eigenvalue weighted by molar-refractivity contribution is 6.06. The third kappa shape index (κ3) is 3.45. The predicted molar refractivity (Wildman–Crippen MR) is 121 cm³/mol. The van der Waals surface area contributed by atoms with Crippen molar-refractivity contribution in [1.29, 1.82) is 0 Å². The molecule has 0 N–H and O–H groups in total. The van der Waals surface area contributed by atoms with Crippen molar-refractivity contribution in [2.24, 2.45) is 0 Å². The maximum absolute atomic E-state index is 14.3. The van der Waals surface area contributed by atoms with Gasteiger partial charge in [-0.05, 0) is 26.1 Å². The Labute approximate surface area is 179 Å². The van der Waals surface area contributed by atoms with Crippen LogP contribution >= 0.6 is 0 Å². The summed E-state index contributed by atoms with van der Waals surface area (Å²) >= 11 is 0. The van der Waals surface area contributed by atoms with Crippen molar-refractivity contribution in [2.45, 2.75) is 17.5 Å². The molecule has 2 atom stereocenters. The minimum Gasteiger partial charge on any atom is -0.379 e. The molecule has 1 aliphatic heterocycles. The fourth-order valence-electron chi connectivity index (χ4n) is 4.95. The number of hydrogen-bond acceptors (Lipinski definition) is 4. The fourth-order valence-corrected chi connectivity index (χ4v) is 4.95. The fraction of sp³-hybridized carbons (Fsp3) is 0.346. The highest BCUT2D eigenvalue weighted by Gasteiger charge is 2.59. The van der Waals surface area contributed by atoms with Crippen LogP contribution in [-0.2, 0) is 11.2 Å². The zero-order valence-corrected chi connectivity index (χ0v) is 17.8. The number of likely N-dealkylation sites (N-methyl/N-ethyl adjacent to an activating group) is 1. The van der Waals surface area contributed by atoms with Gasteiger partial charge in [-0.1, -0.05) is 85.0 Å². The molecule has 4 heteroatoms. The SMILES string of the molecule is CN(C)C1(Cc2ccccc2)C=CC=CC1(C(=O)c1ccccc1)N1CCOCC1. The second-order valence-corrected chi connectivity index (χ2v) is 8.26. The van der Waals surface area contributed by atoms with Crippen molar-refractivity contribution in [3.63, 3.8) is 0 Å². The first-order valence-corrected chi connectivity index (χ1v) is 10.6. The number of benzene rings is 2. The van der Waals surface area contributed by atoms with Gasteiger partial charge in [-0.2, -0.15) is 0 Å². The summed E-state index contributed by atoms with van der Waals surface area (Å²) in [4.78, 5) is 18.9.